The number of nitrogens with zero attached hydrogens (tertiary/aromatic N) is 3. The van der Waals surface area contributed by atoms with Crippen molar-refractivity contribution in [1.82, 2.24) is 15.5 Å². The van der Waals surface area contributed by atoms with Gasteiger partial charge in [-0.25, -0.2) is 5.32 Å². The Bertz CT molecular complexity index is 266. The monoisotopic (exact) mass is 180 g/mol. The molecule has 0 aliphatic carbocycles. The lowest BCUT2D eigenvalue weighted by molar-refractivity contribution is 0.318. The summed E-state index contributed by atoms with van der Waals surface area (Å²) in [7, 11) is 0. The fourth-order valence-corrected chi connectivity index (χ4v) is 1.57. The van der Waals surface area contributed by atoms with Crippen LogP contribution in [0.4, 0.5) is 0 Å². The van der Waals surface area contributed by atoms with E-state index in [1.165, 1.54) is 0 Å². The first-order valence-corrected chi connectivity index (χ1v) is 4.86. The molecule has 1 atom stereocenters. The number of hydrogen-bond donors (Lipinski definition) is 0. The average molecular weight is 180 g/mol. The zero-order chi connectivity index (χ0) is 9.10. The molecule has 0 amide bonds. The molecule has 13 heavy (non-hydrogen) atoms. The van der Waals surface area contributed by atoms with Crippen LogP contribution in [-0.2, 0) is 6.42 Å². The number of rotatable bonds is 2. The lowest BCUT2D eigenvalue weighted by Crippen LogP contribution is -2.22. The molecule has 1 aromatic rings. The van der Waals surface area contributed by atoms with Gasteiger partial charge in [-0.05, 0) is 12.8 Å². The topological polar surface area (TPSA) is 53.0 Å². The van der Waals surface area contributed by atoms with E-state index in [9.17, 15) is 0 Å². The third kappa shape index (κ3) is 1.88. The highest BCUT2D eigenvalue weighted by Gasteiger charge is 2.21. The van der Waals surface area contributed by atoms with E-state index in [0.29, 0.717) is 5.92 Å². The first-order chi connectivity index (χ1) is 6.40. The molecule has 0 spiro atoms. The van der Waals surface area contributed by atoms with Gasteiger partial charge in [0.25, 0.3) is 0 Å². The van der Waals surface area contributed by atoms with Crippen molar-refractivity contribution in [3.8, 4) is 0 Å². The highest BCUT2D eigenvalue weighted by atomic mass is 16.5. The van der Waals surface area contributed by atoms with Crippen molar-refractivity contribution < 1.29 is 4.52 Å². The summed E-state index contributed by atoms with van der Waals surface area (Å²) >= 11 is 0. The van der Waals surface area contributed by atoms with Crippen molar-refractivity contribution in [2.45, 2.75) is 32.1 Å². The Hall–Kier alpha value is -0.900. The fraction of sp³-hybridized carbons (Fsp3) is 0.778. The smallest absolute Gasteiger partial charge is 0.231 e. The van der Waals surface area contributed by atoms with Crippen molar-refractivity contribution in [2.75, 3.05) is 13.1 Å². The summed E-state index contributed by atoms with van der Waals surface area (Å²) in [5, 5.41) is 8.22. The molecule has 0 aromatic carbocycles. The van der Waals surface area contributed by atoms with Crippen LogP contribution in [0.3, 0.4) is 0 Å². The normalized spacial score (nSPS) is 23.3. The molecule has 4 heteroatoms. The van der Waals surface area contributed by atoms with Gasteiger partial charge in [0.1, 0.15) is 0 Å². The van der Waals surface area contributed by atoms with Crippen molar-refractivity contribution in [3.63, 3.8) is 0 Å². The Labute approximate surface area is 77.7 Å². The van der Waals surface area contributed by atoms with Crippen molar-refractivity contribution in [3.05, 3.63) is 11.7 Å². The van der Waals surface area contributed by atoms with Gasteiger partial charge in [-0.1, -0.05) is 12.1 Å². The first kappa shape index (κ1) is 8.69. The van der Waals surface area contributed by atoms with E-state index in [1.54, 1.807) is 0 Å². The van der Waals surface area contributed by atoms with Gasteiger partial charge in [0, 0.05) is 19.5 Å². The molecular weight excluding hydrogens is 166 g/mol. The third-order valence-electron chi connectivity index (χ3n) is 2.37. The molecule has 1 fully saturated rings. The minimum Gasteiger partial charge on any atom is -0.339 e. The lowest BCUT2D eigenvalue weighted by atomic mass is 10.00. The summed E-state index contributed by atoms with van der Waals surface area (Å²) in [6.07, 6.45) is 3.12. The molecule has 1 aromatic heterocycles. The van der Waals surface area contributed by atoms with Crippen molar-refractivity contribution >= 4 is 0 Å². The van der Waals surface area contributed by atoms with E-state index in [-0.39, 0.29) is 0 Å². The van der Waals surface area contributed by atoms with Crippen LogP contribution in [0.5, 0.6) is 0 Å². The van der Waals surface area contributed by atoms with Gasteiger partial charge in [-0.3, -0.25) is 0 Å². The van der Waals surface area contributed by atoms with Crippen LogP contribution < -0.4 is 5.32 Å². The first-order valence-electron chi connectivity index (χ1n) is 4.86. The SMILES string of the molecule is CCc1noc([C@H]2CCC[N]C2)n1. The van der Waals surface area contributed by atoms with Gasteiger partial charge in [0.05, 0.1) is 5.92 Å². The molecule has 71 valence electrons. The van der Waals surface area contributed by atoms with E-state index in [0.717, 1.165) is 44.1 Å². The van der Waals surface area contributed by atoms with E-state index >= 15 is 0 Å². The minimum absolute atomic E-state index is 0.376. The van der Waals surface area contributed by atoms with E-state index in [4.69, 9.17) is 4.52 Å². The molecule has 1 aliphatic rings. The predicted octanol–water partition coefficient (Wildman–Crippen LogP) is 1.11. The second-order valence-electron chi connectivity index (χ2n) is 3.37. The maximum Gasteiger partial charge on any atom is 0.231 e. The molecule has 1 aliphatic heterocycles. The van der Waals surface area contributed by atoms with Crippen LogP contribution in [0.2, 0.25) is 0 Å². The molecule has 4 nitrogen and oxygen atoms in total. The molecule has 0 saturated carbocycles. The van der Waals surface area contributed by atoms with Gasteiger partial charge < -0.3 is 4.52 Å². The molecule has 2 rings (SSSR count). The Morgan fingerprint density at radius 1 is 1.54 bits per heavy atom. The zero-order valence-corrected chi connectivity index (χ0v) is 7.86. The quantitative estimate of drug-likeness (QED) is 0.685. The Kier molecular flexibility index (Phi) is 2.59. The number of piperidine rings is 1. The maximum absolute atomic E-state index is 5.17. The Morgan fingerprint density at radius 3 is 3.08 bits per heavy atom. The minimum atomic E-state index is 0.376. The predicted molar refractivity (Wildman–Crippen MR) is 47.5 cm³/mol. The van der Waals surface area contributed by atoms with Crippen LogP contribution in [0, 0.1) is 0 Å². The average Bonchev–Trinajstić information content (AvgIpc) is 2.67. The van der Waals surface area contributed by atoms with E-state index in [2.05, 4.69) is 15.5 Å². The van der Waals surface area contributed by atoms with Crippen LogP contribution >= 0.6 is 0 Å². The van der Waals surface area contributed by atoms with Gasteiger partial charge in [-0.2, -0.15) is 4.98 Å². The number of aromatic nitrogens is 2. The molecule has 0 unspecified atom stereocenters. The van der Waals surface area contributed by atoms with Crippen LogP contribution in [0.15, 0.2) is 4.52 Å². The van der Waals surface area contributed by atoms with Crippen molar-refractivity contribution in [1.29, 1.82) is 0 Å². The lowest BCUT2D eigenvalue weighted by Gasteiger charge is -2.17. The van der Waals surface area contributed by atoms with Gasteiger partial charge in [0.15, 0.2) is 5.82 Å². The van der Waals surface area contributed by atoms with E-state index < -0.39 is 0 Å². The highest BCUT2D eigenvalue weighted by molar-refractivity contribution is 4.96. The molecule has 1 radical (unpaired) electrons. The Balaban J connectivity index is 2.05. The fourth-order valence-electron chi connectivity index (χ4n) is 1.57. The molecule has 0 bridgehead atoms. The van der Waals surface area contributed by atoms with Crippen LogP contribution in [-0.4, -0.2) is 23.2 Å². The summed E-state index contributed by atoms with van der Waals surface area (Å²) in [6, 6.07) is 0. The van der Waals surface area contributed by atoms with Gasteiger partial charge >= 0.3 is 0 Å². The molecule has 1 saturated heterocycles. The summed E-state index contributed by atoms with van der Waals surface area (Å²) in [4.78, 5) is 4.31. The summed E-state index contributed by atoms with van der Waals surface area (Å²) in [5.41, 5.74) is 0. The second-order valence-corrected chi connectivity index (χ2v) is 3.37. The summed E-state index contributed by atoms with van der Waals surface area (Å²) in [6.45, 7) is 3.87. The molecule has 0 N–H and O–H groups in total. The molecule has 2 heterocycles. The standard InChI is InChI=1S/C9H14N3O/c1-2-8-11-9(13-12-8)7-4-3-5-10-6-7/h7H,2-6H2,1H3/t7-/m0/s1. The van der Waals surface area contributed by atoms with E-state index in [1.807, 2.05) is 6.92 Å². The largest absolute Gasteiger partial charge is 0.339 e. The maximum atomic E-state index is 5.17. The van der Waals surface area contributed by atoms with Crippen molar-refractivity contribution in [2.24, 2.45) is 0 Å². The third-order valence-corrected chi connectivity index (χ3v) is 2.37. The number of hydrogen-bond acceptors (Lipinski definition) is 3. The highest BCUT2D eigenvalue weighted by Crippen LogP contribution is 2.21. The second kappa shape index (κ2) is 3.87. The van der Waals surface area contributed by atoms with Crippen LogP contribution in [0.25, 0.3) is 0 Å². The molecular formula is C9H14N3O. The summed E-state index contributed by atoms with van der Waals surface area (Å²) < 4.78 is 5.17. The Morgan fingerprint density at radius 2 is 2.46 bits per heavy atom. The van der Waals surface area contributed by atoms with Gasteiger partial charge in [-0.15, -0.1) is 0 Å². The zero-order valence-electron chi connectivity index (χ0n) is 7.86. The number of aryl methyl sites for hydroxylation is 1. The summed E-state index contributed by atoms with van der Waals surface area (Å²) in [5.74, 6) is 1.96. The van der Waals surface area contributed by atoms with Crippen LogP contribution in [0.1, 0.15) is 37.4 Å². The van der Waals surface area contributed by atoms with Gasteiger partial charge in [0.2, 0.25) is 5.89 Å².